The maximum Gasteiger partial charge on any atom is 0.110 e. The first-order chi connectivity index (χ1) is 2.88. The smallest absolute Gasteiger partial charge is 0.110 e. The maximum absolute atomic E-state index is 8.63. The summed E-state index contributed by atoms with van der Waals surface area (Å²) >= 11 is 0. The Morgan fingerprint density at radius 1 is 1.67 bits per heavy atom. The van der Waals surface area contributed by atoms with Crippen molar-refractivity contribution in [3.05, 3.63) is 0 Å². The Balaban J connectivity index is 2.08. The van der Waals surface area contributed by atoms with E-state index in [-0.39, 0.29) is 12.2 Å². The molecule has 3 atom stereocenters. The largest absolute Gasteiger partial charge is 0.390 e. The van der Waals surface area contributed by atoms with Crippen molar-refractivity contribution in [2.75, 3.05) is 0 Å². The average Bonchev–Trinajstić information content (AvgIpc) is 2.12. The highest BCUT2D eigenvalue weighted by Gasteiger charge is 2.55. The fourth-order valence-corrected chi connectivity index (χ4v) is 0.861. The SMILES string of the molecule is O[C@@H]1C[C@@H]2O[C@H]12. The van der Waals surface area contributed by atoms with E-state index >= 15 is 0 Å². The second-order valence-corrected chi connectivity index (χ2v) is 1.94. The van der Waals surface area contributed by atoms with E-state index in [2.05, 4.69) is 0 Å². The highest BCUT2D eigenvalue weighted by Crippen LogP contribution is 2.41. The molecule has 0 spiro atoms. The van der Waals surface area contributed by atoms with Crippen LogP contribution in [0.1, 0.15) is 6.42 Å². The van der Waals surface area contributed by atoms with Crippen molar-refractivity contribution in [2.45, 2.75) is 24.7 Å². The number of rotatable bonds is 0. The molecule has 1 aliphatic heterocycles. The molecule has 0 aromatic carbocycles. The molecule has 2 fully saturated rings. The Morgan fingerprint density at radius 3 is 2.50 bits per heavy atom. The lowest BCUT2D eigenvalue weighted by Crippen LogP contribution is -2.28. The van der Waals surface area contributed by atoms with E-state index < -0.39 is 0 Å². The summed E-state index contributed by atoms with van der Waals surface area (Å²) in [6, 6.07) is 0. The van der Waals surface area contributed by atoms with Crippen LogP contribution in [0.3, 0.4) is 0 Å². The molecule has 2 rings (SSSR count). The number of ether oxygens (including phenoxy) is 1. The number of aliphatic hydroxyl groups is 1. The van der Waals surface area contributed by atoms with E-state index in [9.17, 15) is 0 Å². The summed E-state index contributed by atoms with van der Waals surface area (Å²) in [6.07, 6.45) is 1.48. The molecule has 1 N–H and O–H groups in total. The Morgan fingerprint density at radius 2 is 2.50 bits per heavy atom. The van der Waals surface area contributed by atoms with Gasteiger partial charge in [0, 0.05) is 6.42 Å². The van der Waals surface area contributed by atoms with Crippen molar-refractivity contribution in [3.63, 3.8) is 0 Å². The Labute approximate surface area is 35.7 Å². The minimum absolute atomic E-state index is 0.116. The topological polar surface area (TPSA) is 32.8 Å². The van der Waals surface area contributed by atoms with Crippen LogP contribution in [0.15, 0.2) is 0 Å². The zero-order valence-corrected chi connectivity index (χ0v) is 3.29. The Kier molecular flexibility index (Phi) is 0.316. The lowest BCUT2D eigenvalue weighted by molar-refractivity contribution is 0.121. The van der Waals surface area contributed by atoms with Crippen LogP contribution >= 0.6 is 0 Å². The second-order valence-electron chi connectivity index (χ2n) is 1.94. The molecule has 0 aromatic rings. The third kappa shape index (κ3) is 0.172. The van der Waals surface area contributed by atoms with Gasteiger partial charge in [-0.1, -0.05) is 0 Å². The van der Waals surface area contributed by atoms with Gasteiger partial charge in [0.1, 0.15) is 6.10 Å². The molecule has 0 unspecified atom stereocenters. The molecule has 34 valence electrons. The van der Waals surface area contributed by atoms with Gasteiger partial charge >= 0.3 is 0 Å². The Hall–Kier alpha value is -0.0800. The molecule has 0 aromatic heterocycles. The summed E-state index contributed by atoms with van der Waals surface area (Å²) in [6.45, 7) is 0. The molecule has 2 aliphatic rings. The van der Waals surface area contributed by atoms with Gasteiger partial charge < -0.3 is 9.84 Å². The monoisotopic (exact) mass is 86.0 g/mol. The van der Waals surface area contributed by atoms with Crippen LogP contribution < -0.4 is 0 Å². The number of epoxide rings is 1. The summed E-state index contributed by atoms with van der Waals surface area (Å²) in [7, 11) is 0. The van der Waals surface area contributed by atoms with Crippen molar-refractivity contribution < 1.29 is 9.84 Å². The highest BCUT2D eigenvalue weighted by molar-refractivity contribution is 5.03. The van der Waals surface area contributed by atoms with Gasteiger partial charge in [-0.2, -0.15) is 0 Å². The maximum atomic E-state index is 8.63. The summed E-state index contributed by atoms with van der Waals surface area (Å²) in [4.78, 5) is 0. The fourth-order valence-electron chi connectivity index (χ4n) is 0.861. The van der Waals surface area contributed by atoms with Crippen molar-refractivity contribution in [2.24, 2.45) is 0 Å². The van der Waals surface area contributed by atoms with Crippen molar-refractivity contribution >= 4 is 0 Å². The lowest BCUT2D eigenvalue weighted by atomic mass is 9.97. The summed E-state index contributed by atoms with van der Waals surface area (Å²) < 4.78 is 4.89. The third-order valence-corrected chi connectivity index (χ3v) is 1.47. The van der Waals surface area contributed by atoms with Crippen LogP contribution in [0.2, 0.25) is 0 Å². The molecule has 2 heteroatoms. The molecule has 0 radical (unpaired) electrons. The zero-order chi connectivity index (χ0) is 4.15. The predicted molar refractivity (Wildman–Crippen MR) is 19.3 cm³/mol. The number of aliphatic hydroxyl groups excluding tert-OH is 1. The van der Waals surface area contributed by atoms with Crippen LogP contribution in [0.4, 0.5) is 0 Å². The second kappa shape index (κ2) is 0.634. The normalized spacial score (nSPS) is 62.5. The molecular formula is C4H6O2. The van der Waals surface area contributed by atoms with Crippen LogP contribution in [0, 0.1) is 0 Å². The standard InChI is InChI=1S/C4H6O2/c5-2-1-3-4(2)6-3/h2-5H,1H2/t2-,3+,4-/m1/s1. The van der Waals surface area contributed by atoms with E-state index in [4.69, 9.17) is 9.84 Å². The van der Waals surface area contributed by atoms with Crippen molar-refractivity contribution in [3.8, 4) is 0 Å². The minimum Gasteiger partial charge on any atom is -0.390 e. The number of hydrogen-bond donors (Lipinski definition) is 1. The minimum atomic E-state index is -0.116. The van der Waals surface area contributed by atoms with Gasteiger partial charge in [0.15, 0.2) is 0 Å². The van der Waals surface area contributed by atoms with Gasteiger partial charge in [0.05, 0.1) is 12.2 Å². The Bertz CT molecular complexity index is 81.6. The first-order valence-electron chi connectivity index (χ1n) is 2.21. The average molecular weight is 86.1 g/mol. The van der Waals surface area contributed by atoms with E-state index in [1.807, 2.05) is 0 Å². The molecule has 0 amide bonds. The van der Waals surface area contributed by atoms with Crippen LogP contribution in [0.5, 0.6) is 0 Å². The van der Waals surface area contributed by atoms with Gasteiger partial charge in [0.25, 0.3) is 0 Å². The predicted octanol–water partition coefficient (Wildman–Crippen LogP) is -0.482. The number of hydrogen-bond acceptors (Lipinski definition) is 2. The van der Waals surface area contributed by atoms with E-state index in [1.165, 1.54) is 0 Å². The molecule has 1 heterocycles. The van der Waals surface area contributed by atoms with Crippen molar-refractivity contribution in [1.29, 1.82) is 0 Å². The van der Waals surface area contributed by atoms with E-state index in [1.54, 1.807) is 0 Å². The molecule has 6 heavy (non-hydrogen) atoms. The van der Waals surface area contributed by atoms with Gasteiger partial charge in [-0.15, -0.1) is 0 Å². The van der Waals surface area contributed by atoms with E-state index in [0.29, 0.717) is 6.10 Å². The van der Waals surface area contributed by atoms with Crippen molar-refractivity contribution in [1.82, 2.24) is 0 Å². The third-order valence-electron chi connectivity index (χ3n) is 1.47. The van der Waals surface area contributed by atoms with Gasteiger partial charge in [-0.05, 0) is 0 Å². The first kappa shape index (κ1) is 2.99. The molecule has 0 bridgehead atoms. The van der Waals surface area contributed by atoms with E-state index in [0.717, 1.165) is 6.42 Å². The lowest BCUT2D eigenvalue weighted by Gasteiger charge is -2.10. The highest BCUT2D eigenvalue weighted by atomic mass is 16.6. The summed E-state index contributed by atoms with van der Waals surface area (Å²) in [5, 5.41) is 8.63. The molecular weight excluding hydrogens is 80.0 g/mol. The number of fused-ring (bicyclic) bond motifs is 1. The van der Waals surface area contributed by atoms with Gasteiger partial charge in [-0.3, -0.25) is 0 Å². The fraction of sp³-hybridized carbons (Fsp3) is 1.00. The summed E-state index contributed by atoms with van der Waals surface area (Å²) in [5.41, 5.74) is 0. The molecule has 1 aliphatic carbocycles. The quantitative estimate of drug-likeness (QED) is 0.404. The molecule has 1 saturated carbocycles. The zero-order valence-electron chi connectivity index (χ0n) is 3.29. The van der Waals surface area contributed by atoms with Gasteiger partial charge in [-0.25, -0.2) is 0 Å². The molecule has 1 saturated heterocycles. The first-order valence-corrected chi connectivity index (χ1v) is 2.21. The van der Waals surface area contributed by atoms with Crippen LogP contribution in [-0.4, -0.2) is 23.4 Å². The molecule has 2 nitrogen and oxygen atoms in total. The van der Waals surface area contributed by atoms with Crippen LogP contribution in [-0.2, 0) is 4.74 Å². The van der Waals surface area contributed by atoms with Crippen LogP contribution in [0.25, 0.3) is 0 Å². The summed E-state index contributed by atoms with van der Waals surface area (Å²) in [5.74, 6) is 0. The van der Waals surface area contributed by atoms with Gasteiger partial charge in [0.2, 0.25) is 0 Å².